The summed E-state index contributed by atoms with van der Waals surface area (Å²) in [7, 11) is 0. The number of halogens is 1. The Labute approximate surface area is 193 Å². The van der Waals surface area contributed by atoms with Gasteiger partial charge >= 0.3 is 0 Å². The molecular formula is C23H20FN5O3S. The third-order valence-corrected chi connectivity index (χ3v) is 5.44. The normalized spacial score (nSPS) is 10.7. The fourth-order valence-electron chi connectivity index (χ4n) is 3.00. The molecule has 2 amide bonds. The second-order valence-corrected chi connectivity index (χ2v) is 7.83. The number of hydrogen-bond donors (Lipinski definition) is 2. The lowest BCUT2D eigenvalue weighted by molar-refractivity contribution is -0.113. The van der Waals surface area contributed by atoms with E-state index in [0.29, 0.717) is 34.3 Å². The molecule has 10 heteroatoms. The van der Waals surface area contributed by atoms with Crippen LogP contribution in [0.4, 0.5) is 15.8 Å². The minimum atomic E-state index is -0.440. The highest BCUT2D eigenvalue weighted by molar-refractivity contribution is 7.99. The molecule has 0 spiro atoms. The Morgan fingerprint density at radius 2 is 1.85 bits per heavy atom. The van der Waals surface area contributed by atoms with Gasteiger partial charge in [-0.15, -0.1) is 10.2 Å². The number of ether oxygens (including phenoxy) is 1. The fourth-order valence-corrected chi connectivity index (χ4v) is 3.72. The van der Waals surface area contributed by atoms with Gasteiger partial charge in [0.2, 0.25) is 5.91 Å². The van der Waals surface area contributed by atoms with Crippen LogP contribution in [0.15, 0.2) is 72.0 Å². The number of fused-ring (bicyclic) bond motifs is 1. The van der Waals surface area contributed by atoms with E-state index in [2.05, 4.69) is 20.8 Å². The fraction of sp³-hybridized carbons (Fsp3) is 0.130. The zero-order valence-electron chi connectivity index (χ0n) is 17.6. The van der Waals surface area contributed by atoms with E-state index >= 15 is 0 Å². The Kier molecular flexibility index (Phi) is 6.84. The van der Waals surface area contributed by atoms with Crippen molar-refractivity contribution in [3.8, 4) is 5.75 Å². The summed E-state index contributed by atoms with van der Waals surface area (Å²) < 4.78 is 20.4. The van der Waals surface area contributed by atoms with Crippen LogP contribution in [-0.4, -0.2) is 38.8 Å². The van der Waals surface area contributed by atoms with Crippen molar-refractivity contribution < 1.29 is 18.7 Å². The maximum Gasteiger partial charge on any atom is 0.257 e. The predicted molar refractivity (Wildman–Crippen MR) is 124 cm³/mol. The quantitative estimate of drug-likeness (QED) is 0.378. The van der Waals surface area contributed by atoms with Crippen LogP contribution in [0.1, 0.15) is 17.3 Å². The van der Waals surface area contributed by atoms with Gasteiger partial charge < -0.3 is 15.4 Å². The van der Waals surface area contributed by atoms with E-state index in [9.17, 15) is 14.0 Å². The molecule has 8 nitrogen and oxygen atoms in total. The Morgan fingerprint density at radius 3 is 2.61 bits per heavy atom. The number of amides is 2. The van der Waals surface area contributed by atoms with Gasteiger partial charge in [0.15, 0.2) is 10.8 Å². The predicted octanol–water partition coefficient (Wildman–Crippen LogP) is 4.25. The third-order valence-electron chi connectivity index (χ3n) is 4.50. The molecule has 0 atom stereocenters. The number of nitrogens with zero attached hydrogens (tertiary/aromatic N) is 3. The maximum absolute atomic E-state index is 13.4. The molecule has 2 aromatic heterocycles. The molecule has 0 saturated carbocycles. The molecule has 2 heterocycles. The average Bonchev–Trinajstić information content (AvgIpc) is 3.21. The molecule has 0 aliphatic carbocycles. The molecule has 168 valence electrons. The number of benzene rings is 2. The van der Waals surface area contributed by atoms with Gasteiger partial charge in [-0.05, 0) is 61.5 Å². The van der Waals surface area contributed by atoms with Crippen LogP contribution in [0.5, 0.6) is 5.75 Å². The minimum absolute atomic E-state index is 0.105. The standard InChI is InChI=1S/C23H20FN5O3S/c1-2-32-19-9-7-17(8-10-19)25-21(30)14-33-23-28-27-20-11-6-15(13-29(20)23)22(31)26-18-5-3-4-16(24)12-18/h3-13H,2,14H2,1H3,(H,25,30)(H,26,31). The number of aromatic nitrogens is 3. The summed E-state index contributed by atoms with van der Waals surface area (Å²) in [6.07, 6.45) is 1.58. The molecule has 0 aliphatic heterocycles. The van der Waals surface area contributed by atoms with E-state index in [4.69, 9.17) is 4.74 Å². The zero-order chi connectivity index (χ0) is 23.2. The summed E-state index contributed by atoms with van der Waals surface area (Å²) in [6.45, 7) is 2.48. The van der Waals surface area contributed by atoms with Crippen molar-refractivity contribution in [2.24, 2.45) is 0 Å². The number of pyridine rings is 1. The summed E-state index contributed by atoms with van der Waals surface area (Å²) in [5.74, 6) is -0.212. The topological polar surface area (TPSA) is 97.6 Å². The molecular weight excluding hydrogens is 445 g/mol. The molecule has 4 rings (SSSR count). The van der Waals surface area contributed by atoms with Gasteiger partial charge in [0.1, 0.15) is 11.6 Å². The molecule has 0 bridgehead atoms. The lowest BCUT2D eigenvalue weighted by atomic mass is 10.2. The summed E-state index contributed by atoms with van der Waals surface area (Å²) in [5, 5.41) is 14.1. The lowest BCUT2D eigenvalue weighted by Crippen LogP contribution is -2.14. The van der Waals surface area contributed by atoms with Crippen molar-refractivity contribution in [1.29, 1.82) is 0 Å². The van der Waals surface area contributed by atoms with E-state index in [1.807, 2.05) is 6.92 Å². The van der Waals surface area contributed by atoms with Crippen molar-refractivity contribution in [3.63, 3.8) is 0 Å². The summed E-state index contributed by atoms with van der Waals surface area (Å²) in [4.78, 5) is 24.9. The zero-order valence-corrected chi connectivity index (χ0v) is 18.4. The Morgan fingerprint density at radius 1 is 1.03 bits per heavy atom. The van der Waals surface area contributed by atoms with Crippen LogP contribution in [0, 0.1) is 5.82 Å². The Hall–Kier alpha value is -3.92. The van der Waals surface area contributed by atoms with E-state index in [1.54, 1.807) is 53.1 Å². The molecule has 0 fully saturated rings. The molecule has 2 aromatic carbocycles. The summed E-state index contributed by atoms with van der Waals surface area (Å²) >= 11 is 1.19. The molecule has 0 saturated heterocycles. The first-order valence-corrected chi connectivity index (χ1v) is 11.1. The van der Waals surface area contributed by atoms with Gasteiger partial charge in [-0.1, -0.05) is 17.8 Å². The highest BCUT2D eigenvalue weighted by Gasteiger charge is 2.13. The van der Waals surface area contributed by atoms with E-state index in [1.165, 1.54) is 30.0 Å². The van der Waals surface area contributed by atoms with Crippen molar-refractivity contribution in [1.82, 2.24) is 14.6 Å². The van der Waals surface area contributed by atoms with Gasteiger partial charge in [0.05, 0.1) is 17.9 Å². The highest BCUT2D eigenvalue weighted by Crippen LogP contribution is 2.20. The molecule has 0 radical (unpaired) electrons. The number of hydrogen-bond acceptors (Lipinski definition) is 6. The van der Waals surface area contributed by atoms with E-state index < -0.39 is 11.7 Å². The third kappa shape index (κ3) is 5.66. The van der Waals surface area contributed by atoms with Crippen LogP contribution in [-0.2, 0) is 4.79 Å². The summed E-state index contributed by atoms with van der Waals surface area (Å²) in [5.41, 5.74) is 1.88. The lowest BCUT2D eigenvalue weighted by Gasteiger charge is -2.07. The van der Waals surface area contributed by atoms with Gasteiger partial charge in [-0.25, -0.2) is 4.39 Å². The first-order valence-electron chi connectivity index (χ1n) is 10.1. The first kappa shape index (κ1) is 22.3. The second kappa shape index (κ2) is 10.1. The number of rotatable bonds is 8. The maximum atomic E-state index is 13.4. The van der Waals surface area contributed by atoms with Gasteiger partial charge in [0.25, 0.3) is 5.91 Å². The smallest absolute Gasteiger partial charge is 0.257 e. The number of carbonyl (C=O) groups is 2. The van der Waals surface area contributed by atoms with E-state index in [0.717, 1.165) is 5.75 Å². The monoisotopic (exact) mass is 465 g/mol. The molecule has 0 aliphatic rings. The summed E-state index contributed by atoms with van der Waals surface area (Å²) in [6, 6.07) is 16.0. The average molecular weight is 466 g/mol. The number of anilines is 2. The highest BCUT2D eigenvalue weighted by atomic mass is 32.2. The number of carbonyl (C=O) groups excluding carboxylic acids is 2. The first-order chi connectivity index (χ1) is 16.0. The van der Waals surface area contributed by atoms with Crippen LogP contribution < -0.4 is 15.4 Å². The largest absolute Gasteiger partial charge is 0.494 e. The molecule has 33 heavy (non-hydrogen) atoms. The molecule has 4 aromatic rings. The Balaban J connectivity index is 1.40. The van der Waals surface area contributed by atoms with Crippen LogP contribution in [0.2, 0.25) is 0 Å². The van der Waals surface area contributed by atoms with Crippen LogP contribution >= 0.6 is 11.8 Å². The minimum Gasteiger partial charge on any atom is -0.494 e. The van der Waals surface area contributed by atoms with Gasteiger partial charge in [-0.2, -0.15) is 0 Å². The van der Waals surface area contributed by atoms with Crippen molar-refractivity contribution >= 4 is 40.6 Å². The van der Waals surface area contributed by atoms with Gasteiger partial charge in [0, 0.05) is 17.6 Å². The van der Waals surface area contributed by atoms with E-state index in [-0.39, 0.29) is 11.7 Å². The van der Waals surface area contributed by atoms with Crippen molar-refractivity contribution in [2.75, 3.05) is 23.0 Å². The van der Waals surface area contributed by atoms with Crippen LogP contribution in [0.25, 0.3) is 5.65 Å². The molecule has 0 unspecified atom stereocenters. The number of nitrogens with one attached hydrogen (secondary N) is 2. The van der Waals surface area contributed by atoms with Crippen LogP contribution in [0.3, 0.4) is 0 Å². The second-order valence-electron chi connectivity index (χ2n) is 6.89. The molecule has 2 N–H and O–H groups in total. The Bertz CT molecular complexity index is 1290. The van der Waals surface area contributed by atoms with Crippen molar-refractivity contribution in [3.05, 3.63) is 78.2 Å². The number of thioether (sulfide) groups is 1. The van der Waals surface area contributed by atoms with Gasteiger partial charge in [-0.3, -0.25) is 14.0 Å². The van der Waals surface area contributed by atoms with Crippen molar-refractivity contribution in [2.45, 2.75) is 12.1 Å². The SMILES string of the molecule is CCOc1ccc(NC(=O)CSc2nnc3ccc(C(=O)Nc4cccc(F)c4)cn23)cc1.